The van der Waals surface area contributed by atoms with Crippen LogP contribution in [-0.4, -0.2) is 47.2 Å². The lowest BCUT2D eigenvalue weighted by Crippen LogP contribution is -2.51. The summed E-state index contributed by atoms with van der Waals surface area (Å²) in [5.41, 5.74) is 0.686. The van der Waals surface area contributed by atoms with Crippen LogP contribution in [0, 0.1) is 0 Å². The van der Waals surface area contributed by atoms with Gasteiger partial charge in [0, 0.05) is 12.1 Å². The van der Waals surface area contributed by atoms with E-state index in [4.69, 9.17) is 9.84 Å². The monoisotopic (exact) mass is 263 g/mol. The van der Waals surface area contributed by atoms with Crippen LogP contribution in [-0.2, 0) is 4.74 Å². The van der Waals surface area contributed by atoms with E-state index in [0.717, 1.165) is 0 Å². The Bertz CT molecular complexity index is 483. The zero-order valence-corrected chi connectivity index (χ0v) is 11.0. The molecule has 1 heterocycles. The van der Waals surface area contributed by atoms with Crippen molar-refractivity contribution in [3.63, 3.8) is 0 Å². The Morgan fingerprint density at radius 2 is 1.79 bits per heavy atom. The number of rotatable bonds is 2. The fourth-order valence-corrected chi connectivity index (χ4v) is 2.14. The summed E-state index contributed by atoms with van der Waals surface area (Å²) in [6, 6.07) is 6.02. The molecule has 0 spiro atoms. The molecule has 1 aromatic rings. The molecule has 1 aromatic carbocycles. The Morgan fingerprint density at radius 3 is 2.37 bits per heavy atom. The van der Waals surface area contributed by atoms with Crippen molar-refractivity contribution in [3.8, 4) is 0 Å². The molecular formula is C14H17NO4. The molecule has 1 aliphatic heterocycles. The molecule has 1 aliphatic rings. The van der Waals surface area contributed by atoms with E-state index < -0.39 is 5.97 Å². The normalized spacial score (nSPS) is 23.2. The van der Waals surface area contributed by atoms with Crippen LogP contribution in [0.4, 0.5) is 0 Å². The third kappa shape index (κ3) is 2.76. The second-order valence-corrected chi connectivity index (χ2v) is 4.70. The molecule has 1 N–H and O–H groups in total. The van der Waals surface area contributed by atoms with Gasteiger partial charge in [-0.2, -0.15) is 0 Å². The molecule has 2 atom stereocenters. The molecule has 1 amide bonds. The lowest BCUT2D eigenvalue weighted by molar-refractivity contribution is -0.0440. The molecule has 19 heavy (non-hydrogen) atoms. The molecule has 0 radical (unpaired) electrons. The van der Waals surface area contributed by atoms with Crippen LogP contribution < -0.4 is 0 Å². The number of carboxylic acid groups (broad SMARTS) is 1. The largest absolute Gasteiger partial charge is 0.478 e. The molecule has 5 nitrogen and oxygen atoms in total. The number of hydrogen-bond acceptors (Lipinski definition) is 3. The fourth-order valence-electron chi connectivity index (χ4n) is 2.14. The number of carbonyl (C=O) groups excluding carboxylic acids is 1. The van der Waals surface area contributed by atoms with E-state index >= 15 is 0 Å². The average molecular weight is 263 g/mol. The van der Waals surface area contributed by atoms with Crippen LogP contribution in [0.25, 0.3) is 0 Å². The minimum atomic E-state index is -0.993. The van der Waals surface area contributed by atoms with Crippen molar-refractivity contribution >= 4 is 11.9 Å². The topological polar surface area (TPSA) is 66.8 Å². The van der Waals surface area contributed by atoms with Crippen LogP contribution >= 0.6 is 0 Å². The highest BCUT2D eigenvalue weighted by Gasteiger charge is 2.29. The summed E-state index contributed by atoms with van der Waals surface area (Å²) < 4.78 is 5.49. The van der Waals surface area contributed by atoms with Crippen LogP contribution in [0.15, 0.2) is 24.3 Å². The quantitative estimate of drug-likeness (QED) is 0.880. The van der Waals surface area contributed by atoms with Gasteiger partial charge >= 0.3 is 5.97 Å². The summed E-state index contributed by atoms with van der Waals surface area (Å²) in [6.07, 6.45) is 0.0102. The summed E-state index contributed by atoms with van der Waals surface area (Å²) in [4.78, 5) is 24.9. The maximum atomic E-state index is 12.4. The van der Waals surface area contributed by atoms with Gasteiger partial charge in [0.15, 0.2) is 0 Å². The van der Waals surface area contributed by atoms with Gasteiger partial charge in [0.05, 0.1) is 24.3 Å². The minimum absolute atomic E-state index is 0.0102. The van der Waals surface area contributed by atoms with Crippen molar-refractivity contribution in [2.24, 2.45) is 0 Å². The van der Waals surface area contributed by atoms with E-state index in [1.54, 1.807) is 17.0 Å². The first-order valence-corrected chi connectivity index (χ1v) is 6.26. The molecule has 0 bridgehead atoms. The van der Waals surface area contributed by atoms with Crippen molar-refractivity contribution < 1.29 is 19.4 Å². The summed E-state index contributed by atoms with van der Waals surface area (Å²) >= 11 is 0. The van der Waals surface area contributed by atoms with E-state index in [2.05, 4.69) is 0 Å². The zero-order valence-electron chi connectivity index (χ0n) is 11.0. The van der Waals surface area contributed by atoms with Gasteiger partial charge in [0.25, 0.3) is 5.91 Å². The number of hydrogen-bond donors (Lipinski definition) is 1. The SMILES string of the molecule is C[C@@H]1OCCN(C(=O)c2ccc(C(=O)O)cc2)[C@@H]1C. The summed E-state index contributed by atoms with van der Waals surface area (Å²) in [6.45, 7) is 4.99. The van der Waals surface area contributed by atoms with E-state index in [-0.39, 0.29) is 23.6 Å². The standard InChI is InChI=1S/C14H17NO4/c1-9-10(2)19-8-7-15(9)13(16)11-3-5-12(6-4-11)14(17)18/h3-6,9-10H,7-8H2,1-2H3,(H,17,18)/t9-,10+/m1/s1. The smallest absolute Gasteiger partial charge is 0.335 e. The van der Waals surface area contributed by atoms with Crippen LogP contribution in [0.5, 0.6) is 0 Å². The Kier molecular flexibility index (Phi) is 3.85. The third-order valence-corrected chi connectivity index (χ3v) is 3.52. The second-order valence-electron chi connectivity index (χ2n) is 4.70. The predicted octanol–water partition coefficient (Wildman–Crippen LogP) is 1.63. The second kappa shape index (κ2) is 5.40. The van der Waals surface area contributed by atoms with Gasteiger partial charge < -0.3 is 14.7 Å². The average Bonchev–Trinajstić information content (AvgIpc) is 2.41. The number of morpholine rings is 1. The van der Waals surface area contributed by atoms with E-state index in [1.165, 1.54) is 12.1 Å². The van der Waals surface area contributed by atoms with Gasteiger partial charge in [-0.1, -0.05) is 0 Å². The number of carboxylic acids is 1. The third-order valence-electron chi connectivity index (χ3n) is 3.52. The highest BCUT2D eigenvalue weighted by atomic mass is 16.5. The molecule has 0 unspecified atom stereocenters. The predicted molar refractivity (Wildman–Crippen MR) is 69.3 cm³/mol. The van der Waals surface area contributed by atoms with Gasteiger partial charge in [-0.25, -0.2) is 4.79 Å². The highest BCUT2D eigenvalue weighted by molar-refractivity contribution is 5.96. The molecule has 0 aliphatic carbocycles. The summed E-state index contributed by atoms with van der Waals surface area (Å²) in [5.74, 6) is -1.08. The van der Waals surface area contributed by atoms with Crippen LogP contribution in [0.3, 0.4) is 0 Å². The number of nitrogens with zero attached hydrogens (tertiary/aromatic N) is 1. The highest BCUT2D eigenvalue weighted by Crippen LogP contribution is 2.17. The Balaban J connectivity index is 2.17. The molecule has 2 rings (SSSR count). The minimum Gasteiger partial charge on any atom is -0.478 e. The maximum Gasteiger partial charge on any atom is 0.335 e. The molecular weight excluding hydrogens is 246 g/mol. The van der Waals surface area contributed by atoms with Gasteiger partial charge in [0.1, 0.15) is 0 Å². The van der Waals surface area contributed by atoms with Crippen molar-refractivity contribution in [2.75, 3.05) is 13.2 Å². The lowest BCUT2D eigenvalue weighted by Gasteiger charge is -2.37. The number of benzene rings is 1. The Labute approximate surface area is 111 Å². The molecule has 0 aromatic heterocycles. The number of aromatic carboxylic acids is 1. The molecule has 0 saturated carbocycles. The van der Waals surface area contributed by atoms with E-state index in [1.807, 2.05) is 13.8 Å². The number of ether oxygens (including phenoxy) is 1. The van der Waals surface area contributed by atoms with Crippen LogP contribution in [0.1, 0.15) is 34.6 Å². The van der Waals surface area contributed by atoms with Gasteiger partial charge in [-0.05, 0) is 38.1 Å². The van der Waals surface area contributed by atoms with Crippen molar-refractivity contribution in [1.29, 1.82) is 0 Å². The van der Waals surface area contributed by atoms with E-state index in [9.17, 15) is 9.59 Å². The number of amides is 1. The molecule has 5 heteroatoms. The lowest BCUT2D eigenvalue weighted by atomic mass is 10.1. The Morgan fingerprint density at radius 1 is 1.21 bits per heavy atom. The van der Waals surface area contributed by atoms with Gasteiger partial charge in [0.2, 0.25) is 0 Å². The first kappa shape index (κ1) is 13.5. The first-order valence-electron chi connectivity index (χ1n) is 6.26. The zero-order chi connectivity index (χ0) is 14.0. The van der Waals surface area contributed by atoms with Crippen molar-refractivity contribution in [2.45, 2.75) is 26.0 Å². The molecule has 102 valence electrons. The van der Waals surface area contributed by atoms with Gasteiger partial charge in [-0.15, -0.1) is 0 Å². The Hall–Kier alpha value is -1.88. The summed E-state index contributed by atoms with van der Waals surface area (Å²) in [5, 5.41) is 8.83. The summed E-state index contributed by atoms with van der Waals surface area (Å²) in [7, 11) is 0. The van der Waals surface area contributed by atoms with E-state index in [0.29, 0.717) is 18.7 Å². The molecule has 1 saturated heterocycles. The van der Waals surface area contributed by atoms with Crippen molar-refractivity contribution in [1.82, 2.24) is 4.90 Å². The van der Waals surface area contributed by atoms with Gasteiger partial charge in [-0.3, -0.25) is 4.79 Å². The number of carbonyl (C=O) groups is 2. The van der Waals surface area contributed by atoms with Crippen molar-refractivity contribution in [3.05, 3.63) is 35.4 Å². The molecule has 1 fully saturated rings. The van der Waals surface area contributed by atoms with Crippen LogP contribution in [0.2, 0.25) is 0 Å². The maximum absolute atomic E-state index is 12.4. The fraction of sp³-hybridized carbons (Fsp3) is 0.429. The first-order chi connectivity index (χ1) is 9.00.